The van der Waals surface area contributed by atoms with Crippen LogP contribution in [0.2, 0.25) is 0 Å². The van der Waals surface area contributed by atoms with Crippen LogP contribution in [0.5, 0.6) is 0 Å². The quantitative estimate of drug-likeness (QED) is 0.613. The Hall–Kier alpha value is -4.23. The van der Waals surface area contributed by atoms with E-state index < -0.39 is 30.0 Å². The molecule has 0 bridgehead atoms. The van der Waals surface area contributed by atoms with Crippen LogP contribution < -0.4 is 10.2 Å². The molecule has 3 amide bonds. The maximum atomic E-state index is 13.5. The standard InChI is InChI=1S/C26H26N4O6/c1-4-17-11-16(13-27)5-8-21(17)28-24(32)22(36-15(2)31)23-26(34)30(9-10-35-23)19-7-6-18-14-29(3)25(33)20(18)12-19/h5-8,11-12,22-23H,4,9-10,14H2,1-3H3,(H,28,32)/t22-,23-/m1/s1. The highest BCUT2D eigenvalue weighted by Crippen LogP contribution is 2.29. The number of ether oxygens (including phenoxy) is 2. The maximum absolute atomic E-state index is 13.5. The topological polar surface area (TPSA) is 129 Å². The molecule has 2 heterocycles. The highest BCUT2D eigenvalue weighted by Gasteiger charge is 2.43. The van der Waals surface area contributed by atoms with Crippen LogP contribution in [0, 0.1) is 11.3 Å². The SMILES string of the molecule is CCc1cc(C#N)ccc1NC(=O)[C@H](OC(C)=O)[C@H]1OCCN(c2ccc3c(c2)C(=O)N(C)C3)C1=O. The van der Waals surface area contributed by atoms with Gasteiger partial charge < -0.3 is 24.6 Å². The molecule has 10 heteroatoms. The van der Waals surface area contributed by atoms with Crippen molar-refractivity contribution < 1.29 is 28.7 Å². The number of benzene rings is 2. The first-order chi connectivity index (χ1) is 17.2. The third kappa shape index (κ3) is 4.78. The van der Waals surface area contributed by atoms with E-state index >= 15 is 0 Å². The van der Waals surface area contributed by atoms with Gasteiger partial charge in [-0.05, 0) is 47.9 Å². The molecule has 2 aromatic carbocycles. The Bertz CT molecular complexity index is 1280. The molecular weight excluding hydrogens is 464 g/mol. The minimum atomic E-state index is -1.54. The van der Waals surface area contributed by atoms with Crippen LogP contribution in [0.1, 0.15) is 40.9 Å². The number of esters is 1. The number of rotatable bonds is 6. The number of fused-ring (bicyclic) bond motifs is 1. The molecule has 0 unspecified atom stereocenters. The summed E-state index contributed by atoms with van der Waals surface area (Å²) in [5.41, 5.74) is 3.50. The van der Waals surface area contributed by atoms with Crippen LogP contribution in [0.25, 0.3) is 0 Å². The number of morpholine rings is 1. The number of hydrogen-bond acceptors (Lipinski definition) is 7. The number of carbonyl (C=O) groups excluding carboxylic acids is 4. The van der Waals surface area contributed by atoms with Gasteiger partial charge in [-0.3, -0.25) is 19.2 Å². The van der Waals surface area contributed by atoms with Gasteiger partial charge in [0, 0.05) is 44.0 Å². The van der Waals surface area contributed by atoms with Gasteiger partial charge in [0.1, 0.15) is 0 Å². The normalized spacial score (nSPS) is 17.9. The maximum Gasteiger partial charge on any atom is 0.303 e. The molecule has 0 radical (unpaired) electrons. The molecule has 10 nitrogen and oxygen atoms in total. The molecule has 4 rings (SSSR count). The van der Waals surface area contributed by atoms with Crippen LogP contribution in [-0.2, 0) is 36.8 Å². The Morgan fingerprint density at radius 2 is 2.03 bits per heavy atom. The predicted octanol–water partition coefficient (Wildman–Crippen LogP) is 2.01. The first-order valence-corrected chi connectivity index (χ1v) is 11.6. The Morgan fingerprint density at radius 3 is 2.72 bits per heavy atom. The lowest BCUT2D eigenvalue weighted by Gasteiger charge is -2.35. The molecule has 0 aromatic heterocycles. The number of nitriles is 1. The van der Waals surface area contributed by atoms with E-state index in [1.807, 2.05) is 6.92 Å². The highest BCUT2D eigenvalue weighted by molar-refractivity contribution is 6.06. The molecule has 0 saturated carbocycles. The number of hydrogen-bond donors (Lipinski definition) is 1. The van der Waals surface area contributed by atoms with E-state index in [-0.39, 0.29) is 19.1 Å². The summed E-state index contributed by atoms with van der Waals surface area (Å²) in [6.07, 6.45) is -2.37. The third-order valence-electron chi connectivity index (χ3n) is 6.21. The van der Waals surface area contributed by atoms with Gasteiger partial charge in [-0.15, -0.1) is 0 Å². The Kier molecular flexibility index (Phi) is 7.03. The van der Waals surface area contributed by atoms with Crippen LogP contribution in [-0.4, -0.2) is 61.0 Å². The average Bonchev–Trinajstić information content (AvgIpc) is 3.15. The van der Waals surface area contributed by atoms with E-state index in [2.05, 4.69) is 11.4 Å². The predicted molar refractivity (Wildman–Crippen MR) is 129 cm³/mol. The van der Waals surface area contributed by atoms with Crippen molar-refractivity contribution in [2.45, 2.75) is 39.0 Å². The van der Waals surface area contributed by atoms with Gasteiger partial charge in [0.15, 0.2) is 6.10 Å². The molecule has 36 heavy (non-hydrogen) atoms. The highest BCUT2D eigenvalue weighted by atomic mass is 16.6. The minimum Gasteiger partial charge on any atom is -0.449 e. The number of aryl methyl sites for hydroxylation is 1. The summed E-state index contributed by atoms with van der Waals surface area (Å²) < 4.78 is 10.9. The van der Waals surface area contributed by atoms with Crippen molar-refractivity contribution in [3.8, 4) is 6.07 Å². The average molecular weight is 491 g/mol. The first kappa shape index (κ1) is 24.9. The molecule has 2 aliphatic heterocycles. The van der Waals surface area contributed by atoms with Crippen molar-refractivity contribution in [3.05, 3.63) is 58.7 Å². The van der Waals surface area contributed by atoms with E-state index in [1.54, 1.807) is 48.3 Å². The second kappa shape index (κ2) is 10.2. The molecule has 0 spiro atoms. The van der Waals surface area contributed by atoms with E-state index in [9.17, 15) is 19.2 Å². The molecule has 0 aliphatic carbocycles. The lowest BCUT2D eigenvalue weighted by Crippen LogP contribution is -2.56. The van der Waals surface area contributed by atoms with Gasteiger partial charge in [0.05, 0.1) is 18.2 Å². The Balaban J connectivity index is 1.59. The van der Waals surface area contributed by atoms with Crippen LogP contribution >= 0.6 is 0 Å². The summed E-state index contributed by atoms with van der Waals surface area (Å²) in [7, 11) is 1.71. The third-order valence-corrected chi connectivity index (χ3v) is 6.21. The fourth-order valence-electron chi connectivity index (χ4n) is 4.39. The second-order valence-electron chi connectivity index (χ2n) is 8.64. The number of nitrogens with zero attached hydrogens (tertiary/aromatic N) is 3. The van der Waals surface area contributed by atoms with Crippen molar-refractivity contribution >= 4 is 35.1 Å². The van der Waals surface area contributed by atoms with Crippen molar-refractivity contribution in [3.63, 3.8) is 0 Å². The molecule has 1 fully saturated rings. The van der Waals surface area contributed by atoms with Crippen LogP contribution in [0.3, 0.4) is 0 Å². The molecular formula is C26H26N4O6. The summed E-state index contributed by atoms with van der Waals surface area (Å²) in [6, 6.07) is 12.1. The van der Waals surface area contributed by atoms with E-state index in [0.717, 1.165) is 12.5 Å². The van der Waals surface area contributed by atoms with Crippen molar-refractivity contribution in [2.24, 2.45) is 0 Å². The van der Waals surface area contributed by atoms with Crippen LogP contribution in [0.4, 0.5) is 11.4 Å². The Labute approximate surface area is 208 Å². The summed E-state index contributed by atoms with van der Waals surface area (Å²) in [4.78, 5) is 54.0. The van der Waals surface area contributed by atoms with E-state index in [1.165, 1.54) is 4.90 Å². The fourth-order valence-corrected chi connectivity index (χ4v) is 4.39. The second-order valence-corrected chi connectivity index (χ2v) is 8.64. The van der Waals surface area contributed by atoms with Crippen molar-refractivity contribution in [1.29, 1.82) is 5.26 Å². The summed E-state index contributed by atoms with van der Waals surface area (Å²) in [5, 5.41) is 11.8. The zero-order valence-corrected chi connectivity index (χ0v) is 20.2. The first-order valence-electron chi connectivity index (χ1n) is 11.6. The monoisotopic (exact) mass is 490 g/mol. The largest absolute Gasteiger partial charge is 0.449 e. The molecule has 1 N–H and O–H groups in total. The number of nitrogens with one attached hydrogen (secondary N) is 1. The van der Waals surface area contributed by atoms with E-state index in [0.29, 0.717) is 41.0 Å². The van der Waals surface area contributed by atoms with Crippen LogP contribution in [0.15, 0.2) is 36.4 Å². The summed E-state index contributed by atoms with van der Waals surface area (Å²) >= 11 is 0. The molecule has 186 valence electrons. The number of amides is 3. The molecule has 2 aliphatic rings. The lowest BCUT2D eigenvalue weighted by molar-refractivity contribution is -0.167. The molecule has 2 atom stereocenters. The van der Waals surface area contributed by atoms with Gasteiger partial charge in [-0.2, -0.15) is 5.26 Å². The van der Waals surface area contributed by atoms with Gasteiger partial charge in [-0.25, -0.2) is 0 Å². The fraction of sp³-hybridized carbons (Fsp3) is 0.346. The van der Waals surface area contributed by atoms with Gasteiger partial charge in [-0.1, -0.05) is 13.0 Å². The summed E-state index contributed by atoms with van der Waals surface area (Å²) in [6.45, 7) is 3.83. The smallest absolute Gasteiger partial charge is 0.303 e. The van der Waals surface area contributed by atoms with Crippen molar-refractivity contribution in [1.82, 2.24) is 4.90 Å². The molecule has 1 saturated heterocycles. The lowest BCUT2D eigenvalue weighted by atomic mass is 10.0. The minimum absolute atomic E-state index is 0.101. The summed E-state index contributed by atoms with van der Waals surface area (Å²) in [5.74, 6) is -2.16. The van der Waals surface area contributed by atoms with E-state index in [4.69, 9.17) is 14.7 Å². The van der Waals surface area contributed by atoms with Gasteiger partial charge in [0.2, 0.25) is 6.10 Å². The number of anilines is 2. The van der Waals surface area contributed by atoms with Crippen molar-refractivity contribution in [2.75, 3.05) is 30.4 Å². The Morgan fingerprint density at radius 1 is 1.25 bits per heavy atom. The van der Waals surface area contributed by atoms with Gasteiger partial charge in [0.25, 0.3) is 17.7 Å². The zero-order chi connectivity index (χ0) is 26.0. The zero-order valence-electron chi connectivity index (χ0n) is 20.2. The molecule has 2 aromatic rings. The number of carbonyl (C=O) groups is 4. The van der Waals surface area contributed by atoms with Gasteiger partial charge >= 0.3 is 5.97 Å².